The summed E-state index contributed by atoms with van der Waals surface area (Å²) < 4.78 is 2.51. The second kappa shape index (κ2) is 9.29. The van der Waals surface area contributed by atoms with Gasteiger partial charge in [0, 0.05) is 27.2 Å². The molecule has 0 spiro atoms. The lowest BCUT2D eigenvalue weighted by atomic mass is 9.91. The minimum absolute atomic E-state index is 1.17. The summed E-state index contributed by atoms with van der Waals surface area (Å²) in [4.78, 5) is 0. The van der Waals surface area contributed by atoms with Crippen LogP contribution in [0.3, 0.4) is 0 Å². The molecule has 0 atom stereocenters. The molecule has 8 aromatic carbocycles. The molecular formula is C44H27N. The maximum Gasteiger partial charge on any atom is 0.0626 e. The Labute approximate surface area is 261 Å². The number of hydrogen-bond donors (Lipinski definition) is 0. The zero-order valence-electron chi connectivity index (χ0n) is 24.5. The molecular weight excluding hydrogens is 542 g/mol. The highest BCUT2D eigenvalue weighted by Gasteiger charge is 2.26. The molecule has 0 amide bonds. The molecule has 0 unspecified atom stereocenters. The van der Waals surface area contributed by atoms with Crippen molar-refractivity contribution in [3.63, 3.8) is 0 Å². The fourth-order valence-corrected chi connectivity index (χ4v) is 7.87. The number of rotatable bonds is 3. The van der Waals surface area contributed by atoms with E-state index in [2.05, 4.69) is 168 Å². The van der Waals surface area contributed by atoms with Crippen molar-refractivity contribution in [2.45, 2.75) is 0 Å². The van der Waals surface area contributed by atoms with Gasteiger partial charge in [0.05, 0.1) is 11.0 Å². The number of nitrogens with zero attached hydrogens (tertiary/aromatic N) is 1. The van der Waals surface area contributed by atoms with Gasteiger partial charge >= 0.3 is 0 Å². The molecule has 0 aliphatic heterocycles. The van der Waals surface area contributed by atoms with Gasteiger partial charge in [-0.25, -0.2) is 0 Å². The molecule has 1 aliphatic rings. The van der Waals surface area contributed by atoms with Gasteiger partial charge in [0.15, 0.2) is 0 Å². The van der Waals surface area contributed by atoms with Crippen molar-refractivity contribution in [1.82, 2.24) is 4.57 Å². The highest BCUT2D eigenvalue weighted by atomic mass is 15.0. The Morgan fingerprint density at radius 3 is 1.51 bits per heavy atom. The molecule has 1 heterocycles. The van der Waals surface area contributed by atoms with Crippen LogP contribution in [0.15, 0.2) is 164 Å². The molecule has 0 fully saturated rings. The van der Waals surface area contributed by atoms with E-state index in [9.17, 15) is 0 Å². The molecule has 208 valence electrons. The molecule has 1 aliphatic carbocycles. The van der Waals surface area contributed by atoms with Crippen molar-refractivity contribution >= 4 is 43.4 Å². The van der Waals surface area contributed by atoms with Crippen LogP contribution in [-0.4, -0.2) is 4.57 Å². The Balaban J connectivity index is 1.31. The molecule has 1 heteroatoms. The fraction of sp³-hybridized carbons (Fsp3) is 0. The van der Waals surface area contributed by atoms with Crippen LogP contribution in [0.1, 0.15) is 0 Å². The predicted molar refractivity (Wildman–Crippen MR) is 191 cm³/mol. The van der Waals surface area contributed by atoms with Crippen LogP contribution in [0.25, 0.3) is 93.5 Å². The average molecular weight is 570 g/mol. The standard InChI is InChI=1S/C44H27N/c1-2-12-28(13-3-1)31-14-4-5-15-32(31)29-24-26-30(27-25-29)45-40-23-11-22-38-34-17-7-6-16-33(34)36-20-10-21-37-35-18-8-9-19-39(35)44(45)43(41(36)37)42(38)40/h1-27H. The van der Waals surface area contributed by atoms with E-state index >= 15 is 0 Å². The van der Waals surface area contributed by atoms with Crippen LogP contribution < -0.4 is 0 Å². The van der Waals surface area contributed by atoms with Gasteiger partial charge in [-0.05, 0) is 73.5 Å². The van der Waals surface area contributed by atoms with Crippen LogP contribution >= 0.6 is 0 Å². The number of benzene rings is 8. The van der Waals surface area contributed by atoms with E-state index in [0.29, 0.717) is 0 Å². The van der Waals surface area contributed by atoms with Gasteiger partial charge in [0.25, 0.3) is 0 Å². The number of hydrogen-bond acceptors (Lipinski definition) is 0. The summed E-state index contributed by atoms with van der Waals surface area (Å²) >= 11 is 0. The summed E-state index contributed by atoms with van der Waals surface area (Å²) in [7, 11) is 0. The molecule has 0 N–H and O–H groups in total. The van der Waals surface area contributed by atoms with Gasteiger partial charge in [-0.1, -0.05) is 146 Å². The highest BCUT2D eigenvalue weighted by molar-refractivity contribution is 6.37. The second-order valence-corrected chi connectivity index (χ2v) is 12.0. The third-order valence-corrected chi connectivity index (χ3v) is 9.74. The quantitative estimate of drug-likeness (QED) is 0.187. The molecule has 0 bridgehead atoms. The van der Waals surface area contributed by atoms with Crippen molar-refractivity contribution in [3.05, 3.63) is 164 Å². The minimum Gasteiger partial charge on any atom is -0.309 e. The zero-order valence-corrected chi connectivity index (χ0v) is 24.5. The average Bonchev–Trinajstić information content (AvgIpc) is 3.41. The van der Waals surface area contributed by atoms with Gasteiger partial charge in [0.2, 0.25) is 0 Å². The van der Waals surface area contributed by atoms with E-state index in [1.54, 1.807) is 0 Å². The van der Waals surface area contributed by atoms with Gasteiger partial charge in [0.1, 0.15) is 0 Å². The van der Waals surface area contributed by atoms with Crippen LogP contribution in [0.4, 0.5) is 0 Å². The van der Waals surface area contributed by atoms with Crippen molar-refractivity contribution in [2.24, 2.45) is 0 Å². The molecule has 0 saturated carbocycles. The second-order valence-electron chi connectivity index (χ2n) is 12.0. The van der Waals surface area contributed by atoms with E-state index in [4.69, 9.17) is 0 Å². The van der Waals surface area contributed by atoms with Gasteiger partial charge < -0.3 is 4.57 Å². The minimum atomic E-state index is 1.17. The fourth-order valence-electron chi connectivity index (χ4n) is 7.87. The van der Waals surface area contributed by atoms with Gasteiger partial charge in [-0.15, -0.1) is 0 Å². The molecule has 45 heavy (non-hydrogen) atoms. The Kier molecular flexibility index (Phi) is 5.06. The van der Waals surface area contributed by atoms with Gasteiger partial charge in [-0.2, -0.15) is 0 Å². The first-order valence-corrected chi connectivity index (χ1v) is 15.6. The van der Waals surface area contributed by atoms with Crippen LogP contribution in [0.2, 0.25) is 0 Å². The first-order valence-electron chi connectivity index (χ1n) is 15.6. The summed E-state index contributed by atoms with van der Waals surface area (Å²) in [5, 5.41) is 7.91. The van der Waals surface area contributed by atoms with E-state index < -0.39 is 0 Å². The lowest BCUT2D eigenvalue weighted by molar-refractivity contribution is 1.19. The normalized spacial score (nSPS) is 12.0. The van der Waals surface area contributed by atoms with Crippen LogP contribution in [0.5, 0.6) is 0 Å². The summed E-state index contributed by atoms with van der Waals surface area (Å²) in [6.07, 6.45) is 0. The number of aromatic nitrogens is 1. The first kappa shape index (κ1) is 24.5. The van der Waals surface area contributed by atoms with Crippen LogP contribution in [-0.2, 0) is 0 Å². The topological polar surface area (TPSA) is 4.93 Å². The molecule has 9 aromatic rings. The smallest absolute Gasteiger partial charge is 0.0626 e. The van der Waals surface area contributed by atoms with Crippen molar-refractivity contribution in [2.75, 3.05) is 0 Å². The summed E-state index contributed by atoms with van der Waals surface area (Å²) in [6.45, 7) is 0. The largest absolute Gasteiger partial charge is 0.309 e. The van der Waals surface area contributed by atoms with Crippen LogP contribution in [0, 0.1) is 0 Å². The molecule has 0 saturated heterocycles. The van der Waals surface area contributed by atoms with E-state index in [0.717, 1.165) is 0 Å². The summed E-state index contributed by atoms with van der Waals surface area (Å²) in [5.74, 6) is 0. The summed E-state index contributed by atoms with van der Waals surface area (Å²) in [6, 6.07) is 60.1. The lowest BCUT2D eigenvalue weighted by Crippen LogP contribution is -1.96. The third kappa shape index (κ3) is 3.38. The van der Waals surface area contributed by atoms with E-state index in [1.807, 2.05) is 0 Å². The Bertz CT molecular complexity index is 2620. The molecule has 10 rings (SSSR count). The Hall–Kier alpha value is -5.92. The maximum absolute atomic E-state index is 2.51. The first-order chi connectivity index (χ1) is 22.4. The van der Waals surface area contributed by atoms with Crippen molar-refractivity contribution in [3.8, 4) is 50.2 Å². The highest BCUT2D eigenvalue weighted by Crippen LogP contribution is 2.51. The summed E-state index contributed by atoms with van der Waals surface area (Å²) in [5.41, 5.74) is 13.8. The molecule has 1 aromatic heterocycles. The number of fused-ring (bicyclic) bond motifs is 6. The third-order valence-electron chi connectivity index (χ3n) is 9.74. The van der Waals surface area contributed by atoms with E-state index in [-0.39, 0.29) is 0 Å². The molecule has 1 nitrogen and oxygen atoms in total. The molecule has 0 radical (unpaired) electrons. The lowest BCUT2D eigenvalue weighted by Gasteiger charge is -2.16. The van der Waals surface area contributed by atoms with Gasteiger partial charge in [-0.3, -0.25) is 0 Å². The Morgan fingerprint density at radius 1 is 0.289 bits per heavy atom. The SMILES string of the molecule is c1ccc(-c2ccccc2-c2ccc(-n3c4cccc5c4c4c6c(cccc6c6ccccc6c43)-c3ccccc3-5)cc2)cc1. The van der Waals surface area contributed by atoms with Crippen molar-refractivity contribution < 1.29 is 0 Å². The Morgan fingerprint density at radius 2 is 0.800 bits per heavy atom. The zero-order chi connectivity index (χ0) is 29.5. The van der Waals surface area contributed by atoms with E-state index in [1.165, 1.54) is 93.5 Å². The van der Waals surface area contributed by atoms with Crippen molar-refractivity contribution in [1.29, 1.82) is 0 Å². The maximum atomic E-state index is 2.51. The monoisotopic (exact) mass is 569 g/mol. The predicted octanol–water partition coefficient (Wildman–Crippen LogP) is 12.1.